The van der Waals surface area contributed by atoms with Crippen LogP contribution in [0.25, 0.3) is 0 Å². The van der Waals surface area contributed by atoms with Gasteiger partial charge in [-0.2, -0.15) is 0 Å². The Labute approximate surface area is 122 Å². The molecule has 100 valence electrons. The van der Waals surface area contributed by atoms with Crippen LogP contribution in [-0.2, 0) is 24.4 Å². The molecule has 0 atom stereocenters. The van der Waals surface area contributed by atoms with Gasteiger partial charge in [0.15, 0.2) is 0 Å². The average Bonchev–Trinajstić information content (AvgIpc) is 2.43. The second-order valence-electron chi connectivity index (χ2n) is 4.48. The van der Waals surface area contributed by atoms with Crippen LogP contribution < -0.4 is 5.32 Å². The van der Waals surface area contributed by atoms with Crippen LogP contribution in [0.2, 0.25) is 0 Å². The number of halogens is 1. The second-order valence-corrected chi connectivity index (χ2v) is 5.40. The summed E-state index contributed by atoms with van der Waals surface area (Å²) in [5.74, 6) is 0. The number of nitrogens with one attached hydrogen (secondary N) is 1. The highest BCUT2D eigenvalue weighted by Gasteiger charge is 1.96. The summed E-state index contributed by atoms with van der Waals surface area (Å²) >= 11 is 3.44. The maximum atomic E-state index is 5.10. The van der Waals surface area contributed by atoms with E-state index in [2.05, 4.69) is 69.8 Å². The van der Waals surface area contributed by atoms with Crippen LogP contribution in [-0.4, -0.2) is 7.11 Å². The summed E-state index contributed by atoms with van der Waals surface area (Å²) in [5.41, 5.74) is 3.79. The molecule has 0 saturated heterocycles. The van der Waals surface area contributed by atoms with Crippen molar-refractivity contribution in [2.75, 3.05) is 7.11 Å². The van der Waals surface area contributed by atoms with Gasteiger partial charge in [-0.1, -0.05) is 52.3 Å². The van der Waals surface area contributed by atoms with Crippen molar-refractivity contribution in [2.24, 2.45) is 0 Å². The largest absolute Gasteiger partial charge is 0.380 e. The molecule has 0 spiro atoms. The summed E-state index contributed by atoms with van der Waals surface area (Å²) in [6.45, 7) is 2.43. The molecule has 19 heavy (non-hydrogen) atoms. The van der Waals surface area contributed by atoms with Crippen molar-refractivity contribution in [3.8, 4) is 0 Å². The Morgan fingerprint density at radius 2 is 1.32 bits per heavy atom. The lowest BCUT2D eigenvalue weighted by atomic mass is 10.1. The van der Waals surface area contributed by atoms with Crippen molar-refractivity contribution < 1.29 is 4.74 Å². The van der Waals surface area contributed by atoms with Crippen molar-refractivity contribution in [3.63, 3.8) is 0 Å². The molecule has 0 amide bonds. The Morgan fingerprint density at radius 1 is 0.842 bits per heavy atom. The first kappa shape index (κ1) is 14.3. The monoisotopic (exact) mass is 319 g/mol. The molecule has 0 unspecified atom stereocenters. The zero-order valence-electron chi connectivity index (χ0n) is 11.0. The highest BCUT2D eigenvalue weighted by Crippen LogP contribution is 2.10. The van der Waals surface area contributed by atoms with E-state index in [-0.39, 0.29) is 0 Å². The molecule has 1 N–H and O–H groups in total. The molecule has 0 saturated carbocycles. The molecule has 0 fully saturated rings. The predicted octanol–water partition coefficient (Wildman–Crippen LogP) is 3.89. The number of hydrogen-bond acceptors (Lipinski definition) is 2. The number of rotatable bonds is 6. The smallest absolute Gasteiger partial charge is 0.0713 e. The van der Waals surface area contributed by atoms with Crippen molar-refractivity contribution in [2.45, 2.75) is 19.7 Å². The van der Waals surface area contributed by atoms with Gasteiger partial charge in [0.25, 0.3) is 0 Å². The van der Waals surface area contributed by atoms with E-state index in [1.165, 1.54) is 16.7 Å². The summed E-state index contributed by atoms with van der Waals surface area (Å²) in [4.78, 5) is 0. The van der Waals surface area contributed by atoms with Crippen LogP contribution in [0.1, 0.15) is 16.7 Å². The Balaban J connectivity index is 1.80. The predicted molar refractivity (Wildman–Crippen MR) is 81.8 cm³/mol. The molecule has 2 aromatic rings. The van der Waals surface area contributed by atoms with E-state index in [4.69, 9.17) is 4.74 Å². The fourth-order valence-electron chi connectivity index (χ4n) is 1.87. The maximum Gasteiger partial charge on any atom is 0.0713 e. The number of hydrogen-bond donors (Lipinski definition) is 1. The second kappa shape index (κ2) is 7.43. The van der Waals surface area contributed by atoms with Gasteiger partial charge >= 0.3 is 0 Å². The first-order valence-electron chi connectivity index (χ1n) is 6.30. The summed E-state index contributed by atoms with van der Waals surface area (Å²) < 4.78 is 6.21. The molecule has 0 aliphatic carbocycles. The van der Waals surface area contributed by atoms with E-state index in [0.717, 1.165) is 17.6 Å². The first-order valence-corrected chi connectivity index (χ1v) is 7.09. The van der Waals surface area contributed by atoms with Gasteiger partial charge in [0.1, 0.15) is 0 Å². The zero-order chi connectivity index (χ0) is 13.5. The van der Waals surface area contributed by atoms with Crippen molar-refractivity contribution in [1.82, 2.24) is 5.32 Å². The average molecular weight is 320 g/mol. The van der Waals surface area contributed by atoms with Crippen molar-refractivity contribution >= 4 is 15.9 Å². The molecule has 3 heteroatoms. The minimum absolute atomic E-state index is 0.673. The highest BCUT2D eigenvalue weighted by atomic mass is 79.9. The third-order valence-electron chi connectivity index (χ3n) is 2.91. The Hall–Kier alpha value is -1.16. The standard InChI is InChI=1S/C16H18BrNO/c1-19-12-15-4-2-13(3-5-15)10-18-11-14-6-8-16(17)9-7-14/h2-9,18H,10-12H2,1H3. The third kappa shape index (κ3) is 4.78. The summed E-state index contributed by atoms with van der Waals surface area (Å²) in [6.07, 6.45) is 0. The van der Waals surface area contributed by atoms with Crippen molar-refractivity contribution in [1.29, 1.82) is 0 Å². The lowest BCUT2D eigenvalue weighted by molar-refractivity contribution is 0.185. The van der Waals surface area contributed by atoms with E-state index >= 15 is 0 Å². The lowest BCUT2D eigenvalue weighted by Gasteiger charge is -2.06. The van der Waals surface area contributed by atoms with Crippen LogP contribution in [0.15, 0.2) is 53.0 Å². The SMILES string of the molecule is COCc1ccc(CNCc2ccc(Br)cc2)cc1. The normalized spacial score (nSPS) is 10.6. The van der Waals surface area contributed by atoms with Crippen LogP contribution in [0.4, 0.5) is 0 Å². The molecular weight excluding hydrogens is 302 g/mol. The molecule has 2 aromatic carbocycles. The van der Waals surface area contributed by atoms with Gasteiger partial charge in [-0.05, 0) is 28.8 Å². The molecule has 0 heterocycles. The Kier molecular flexibility index (Phi) is 5.58. The summed E-state index contributed by atoms with van der Waals surface area (Å²) in [7, 11) is 1.72. The fourth-order valence-corrected chi connectivity index (χ4v) is 2.14. The summed E-state index contributed by atoms with van der Waals surface area (Å²) in [5, 5.41) is 3.44. The Morgan fingerprint density at radius 3 is 1.84 bits per heavy atom. The van der Waals surface area contributed by atoms with Crippen LogP contribution >= 0.6 is 15.9 Å². The van der Waals surface area contributed by atoms with E-state index < -0.39 is 0 Å². The maximum absolute atomic E-state index is 5.10. The molecular formula is C16H18BrNO. The number of methoxy groups -OCH3 is 1. The summed E-state index contributed by atoms with van der Waals surface area (Å²) in [6, 6.07) is 16.9. The lowest BCUT2D eigenvalue weighted by Crippen LogP contribution is -2.12. The molecule has 0 aliphatic heterocycles. The van der Waals surface area contributed by atoms with Gasteiger partial charge < -0.3 is 10.1 Å². The quantitative estimate of drug-likeness (QED) is 0.872. The van der Waals surface area contributed by atoms with Crippen molar-refractivity contribution in [3.05, 3.63) is 69.7 Å². The number of ether oxygens (including phenoxy) is 1. The van der Waals surface area contributed by atoms with Crippen LogP contribution in [0.3, 0.4) is 0 Å². The van der Waals surface area contributed by atoms with E-state index in [0.29, 0.717) is 6.61 Å². The minimum atomic E-state index is 0.673. The molecule has 0 aliphatic rings. The van der Waals surface area contributed by atoms with Gasteiger partial charge in [-0.15, -0.1) is 0 Å². The highest BCUT2D eigenvalue weighted by molar-refractivity contribution is 9.10. The van der Waals surface area contributed by atoms with Crippen LogP contribution in [0.5, 0.6) is 0 Å². The van der Waals surface area contributed by atoms with E-state index in [1.807, 2.05) is 0 Å². The van der Waals surface area contributed by atoms with E-state index in [1.54, 1.807) is 7.11 Å². The van der Waals surface area contributed by atoms with Gasteiger partial charge in [0, 0.05) is 24.7 Å². The fraction of sp³-hybridized carbons (Fsp3) is 0.250. The van der Waals surface area contributed by atoms with Gasteiger partial charge in [0.05, 0.1) is 6.61 Å². The molecule has 0 radical (unpaired) electrons. The topological polar surface area (TPSA) is 21.3 Å². The molecule has 0 aromatic heterocycles. The van der Waals surface area contributed by atoms with Gasteiger partial charge in [0.2, 0.25) is 0 Å². The molecule has 2 rings (SSSR count). The first-order chi connectivity index (χ1) is 9.28. The number of benzene rings is 2. The molecule has 2 nitrogen and oxygen atoms in total. The molecule has 0 bridgehead atoms. The minimum Gasteiger partial charge on any atom is -0.380 e. The van der Waals surface area contributed by atoms with Gasteiger partial charge in [-0.3, -0.25) is 0 Å². The van der Waals surface area contributed by atoms with Gasteiger partial charge in [-0.25, -0.2) is 0 Å². The van der Waals surface area contributed by atoms with E-state index in [9.17, 15) is 0 Å². The third-order valence-corrected chi connectivity index (χ3v) is 3.43. The van der Waals surface area contributed by atoms with Crippen LogP contribution in [0, 0.1) is 0 Å². The Bertz CT molecular complexity index is 493. The zero-order valence-corrected chi connectivity index (χ0v) is 12.6.